The van der Waals surface area contributed by atoms with Gasteiger partial charge in [-0.15, -0.1) is 0 Å². The number of hydrogen-bond donors (Lipinski definition) is 4. The maximum Gasteiger partial charge on any atom is 0.419 e. The fraction of sp³-hybridized carbons (Fsp3) is 0.235. The van der Waals surface area contributed by atoms with Crippen LogP contribution in [0.15, 0.2) is 53.4 Å². The molecule has 1 aliphatic heterocycles. The minimum atomic E-state index is -4.64. The van der Waals surface area contributed by atoms with Crippen LogP contribution in [0.25, 0.3) is 0 Å². The van der Waals surface area contributed by atoms with Crippen LogP contribution in [0.4, 0.5) is 13.2 Å². The Morgan fingerprint density at radius 3 is 2.52 bits per heavy atom. The molecule has 12 heteroatoms. The van der Waals surface area contributed by atoms with Gasteiger partial charge in [-0.05, 0) is 24.3 Å². The van der Waals surface area contributed by atoms with Gasteiger partial charge in [0.2, 0.25) is 15.9 Å². The highest BCUT2D eigenvalue weighted by Crippen LogP contribution is 2.38. The van der Waals surface area contributed by atoms with E-state index in [1.807, 2.05) is 0 Å². The Morgan fingerprint density at radius 1 is 1.14 bits per heavy atom. The van der Waals surface area contributed by atoms with Crippen LogP contribution in [-0.4, -0.2) is 38.4 Å². The van der Waals surface area contributed by atoms with Gasteiger partial charge in [0.25, 0.3) is 0 Å². The maximum absolute atomic E-state index is 13.1. The number of halogens is 3. The first-order chi connectivity index (χ1) is 13.6. The molecule has 4 N–H and O–H groups in total. The van der Waals surface area contributed by atoms with Gasteiger partial charge in [-0.3, -0.25) is 10.1 Å². The molecule has 29 heavy (non-hydrogen) atoms. The third-order valence-corrected chi connectivity index (χ3v) is 5.39. The molecule has 1 amide bonds. The van der Waals surface area contributed by atoms with E-state index in [0.29, 0.717) is 0 Å². The summed E-state index contributed by atoms with van der Waals surface area (Å²) in [4.78, 5) is 11.3. The van der Waals surface area contributed by atoms with Crippen LogP contribution in [-0.2, 0) is 21.0 Å². The summed E-state index contributed by atoms with van der Waals surface area (Å²) in [6.45, 7) is -0.340. The van der Waals surface area contributed by atoms with E-state index in [2.05, 4.69) is 15.4 Å². The minimum absolute atomic E-state index is 0.114. The number of rotatable bonds is 6. The number of aliphatic hydroxyl groups excluding tert-OH is 1. The van der Waals surface area contributed by atoms with Crippen molar-refractivity contribution in [3.8, 4) is 11.5 Å². The zero-order chi connectivity index (χ0) is 21.2. The van der Waals surface area contributed by atoms with Gasteiger partial charge in [0, 0.05) is 12.6 Å². The summed E-state index contributed by atoms with van der Waals surface area (Å²) in [5.41, 5.74) is -0.997. The van der Waals surface area contributed by atoms with Crippen molar-refractivity contribution in [3.05, 3.63) is 54.1 Å². The number of hydrogen-bond acceptors (Lipinski definition) is 6. The minimum Gasteiger partial charge on any atom is -0.457 e. The molecule has 0 aliphatic carbocycles. The molecule has 0 radical (unpaired) electrons. The molecule has 156 valence electrons. The SMILES string of the molecule is O=C1NC(O)N[C@H]1CNS(=O)(=O)c1cccc(Oc2ccccc2C(F)(F)F)c1. The summed E-state index contributed by atoms with van der Waals surface area (Å²) in [5, 5.41) is 13.8. The van der Waals surface area contributed by atoms with Gasteiger partial charge in [-0.25, -0.2) is 13.1 Å². The van der Waals surface area contributed by atoms with Crippen LogP contribution in [0.3, 0.4) is 0 Å². The Kier molecular flexibility index (Phi) is 5.80. The monoisotopic (exact) mass is 431 g/mol. The second-order valence-corrected chi connectivity index (χ2v) is 7.82. The van der Waals surface area contributed by atoms with Crippen LogP contribution < -0.4 is 20.1 Å². The fourth-order valence-corrected chi connectivity index (χ4v) is 3.67. The van der Waals surface area contributed by atoms with Crippen molar-refractivity contribution in [1.29, 1.82) is 0 Å². The molecule has 0 aromatic heterocycles. The summed E-state index contributed by atoms with van der Waals surface area (Å²) in [6, 6.07) is 8.49. The standard InChI is InChI=1S/C17H16F3N3O5S/c18-17(19,20)12-6-1-2-7-14(12)28-10-4-3-5-11(8-10)29(26,27)21-9-13-15(24)23-16(25)22-13/h1-8,13,16,21-22,25H,9H2,(H,23,24)/t13-,16?/m0/s1. The molecule has 8 nitrogen and oxygen atoms in total. The predicted octanol–water partition coefficient (Wildman–Crippen LogP) is 1.14. The first-order valence-corrected chi connectivity index (χ1v) is 9.73. The van der Waals surface area contributed by atoms with Gasteiger partial charge in [-0.2, -0.15) is 13.2 Å². The molecule has 1 aliphatic rings. The van der Waals surface area contributed by atoms with Gasteiger partial charge in [0.15, 0.2) is 6.35 Å². The van der Waals surface area contributed by atoms with Gasteiger partial charge in [-0.1, -0.05) is 18.2 Å². The van der Waals surface area contributed by atoms with Crippen LogP contribution >= 0.6 is 0 Å². The molecular formula is C17H16F3N3O5S. The maximum atomic E-state index is 13.1. The molecule has 2 aromatic carbocycles. The Hall–Kier alpha value is -2.67. The third-order valence-electron chi connectivity index (χ3n) is 3.97. The average Bonchev–Trinajstić information content (AvgIpc) is 2.97. The van der Waals surface area contributed by atoms with E-state index in [1.165, 1.54) is 30.3 Å². The molecule has 1 unspecified atom stereocenters. The molecule has 0 spiro atoms. The number of ether oxygens (including phenoxy) is 1. The first-order valence-electron chi connectivity index (χ1n) is 8.24. The molecule has 0 saturated carbocycles. The summed E-state index contributed by atoms with van der Waals surface area (Å²) < 4.78 is 71.6. The van der Waals surface area contributed by atoms with Gasteiger partial charge in [0.05, 0.1) is 10.5 Å². The summed E-state index contributed by atoms with van der Waals surface area (Å²) >= 11 is 0. The molecule has 2 atom stereocenters. The Morgan fingerprint density at radius 2 is 1.86 bits per heavy atom. The predicted molar refractivity (Wildman–Crippen MR) is 94.2 cm³/mol. The summed E-state index contributed by atoms with van der Waals surface area (Å²) in [7, 11) is -4.10. The average molecular weight is 431 g/mol. The number of benzene rings is 2. The van der Waals surface area contributed by atoms with E-state index in [4.69, 9.17) is 4.74 Å². The molecule has 3 rings (SSSR count). The lowest BCUT2D eigenvalue weighted by molar-refractivity contribution is -0.138. The normalized spacial score (nSPS) is 19.8. The van der Waals surface area contributed by atoms with Crippen LogP contribution in [0.2, 0.25) is 0 Å². The summed E-state index contributed by atoms with van der Waals surface area (Å²) in [5.74, 6) is -1.17. The topological polar surface area (TPSA) is 117 Å². The van der Waals surface area contributed by atoms with Gasteiger partial charge < -0.3 is 15.2 Å². The van der Waals surface area contributed by atoms with Crippen LogP contribution in [0, 0.1) is 0 Å². The third kappa shape index (κ3) is 5.03. The lowest BCUT2D eigenvalue weighted by Crippen LogP contribution is -2.42. The Balaban J connectivity index is 1.77. The van der Waals surface area contributed by atoms with E-state index < -0.39 is 45.8 Å². The number of aliphatic hydroxyl groups is 1. The van der Waals surface area contributed by atoms with Crippen molar-refractivity contribution in [2.24, 2.45) is 0 Å². The van der Waals surface area contributed by atoms with Crippen molar-refractivity contribution in [3.63, 3.8) is 0 Å². The van der Waals surface area contributed by atoms with Crippen molar-refractivity contribution in [2.45, 2.75) is 23.5 Å². The molecule has 1 fully saturated rings. The van der Waals surface area contributed by atoms with E-state index in [1.54, 1.807) is 0 Å². The molecular weight excluding hydrogens is 415 g/mol. The van der Waals surface area contributed by atoms with Crippen LogP contribution in [0.1, 0.15) is 5.56 Å². The van der Waals surface area contributed by atoms with E-state index in [-0.39, 0.29) is 17.2 Å². The van der Waals surface area contributed by atoms with Gasteiger partial charge in [0.1, 0.15) is 17.5 Å². The molecule has 2 aromatic rings. The quantitative estimate of drug-likeness (QED) is 0.545. The highest BCUT2D eigenvalue weighted by atomic mass is 32.2. The Bertz CT molecular complexity index is 1010. The Labute approximate surface area is 163 Å². The molecule has 1 saturated heterocycles. The molecule has 0 bridgehead atoms. The number of para-hydroxylation sites is 1. The number of nitrogens with one attached hydrogen (secondary N) is 3. The lowest BCUT2D eigenvalue weighted by Gasteiger charge is -2.14. The zero-order valence-electron chi connectivity index (χ0n) is 14.6. The van der Waals surface area contributed by atoms with E-state index in [9.17, 15) is 31.5 Å². The van der Waals surface area contributed by atoms with Crippen LogP contribution in [0.5, 0.6) is 11.5 Å². The van der Waals surface area contributed by atoms with Crippen molar-refractivity contribution in [2.75, 3.05) is 6.54 Å². The second kappa shape index (κ2) is 7.99. The number of carbonyl (C=O) groups is 1. The van der Waals surface area contributed by atoms with Crippen molar-refractivity contribution < 1.29 is 36.2 Å². The highest BCUT2D eigenvalue weighted by Gasteiger charge is 2.34. The largest absolute Gasteiger partial charge is 0.457 e. The van der Waals surface area contributed by atoms with E-state index >= 15 is 0 Å². The number of sulfonamides is 1. The lowest BCUT2D eigenvalue weighted by atomic mass is 10.2. The highest BCUT2D eigenvalue weighted by molar-refractivity contribution is 7.89. The number of alkyl halides is 3. The number of carbonyl (C=O) groups excluding carboxylic acids is 1. The first kappa shape index (κ1) is 21.0. The number of amides is 1. The van der Waals surface area contributed by atoms with E-state index in [0.717, 1.165) is 18.2 Å². The zero-order valence-corrected chi connectivity index (χ0v) is 15.4. The van der Waals surface area contributed by atoms with Gasteiger partial charge >= 0.3 is 6.18 Å². The second-order valence-electron chi connectivity index (χ2n) is 6.05. The van der Waals surface area contributed by atoms with Crippen molar-refractivity contribution in [1.82, 2.24) is 15.4 Å². The summed E-state index contributed by atoms with van der Waals surface area (Å²) in [6.07, 6.45) is -5.91. The smallest absolute Gasteiger partial charge is 0.419 e. The van der Waals surface area contributed by atoms with Crippen molar-refractivity contribution >= 4 is 15.9 Å². The fourth-order valence-electron chi connectivity index (χ4n) is 2.59. The molecule has 1 heterocycles.